The van der Waals surface area contributed by atoms with Gasteiger partial charge in [-0.1, -0.05) is 30.3 Å². The van der Waals surface area contributed by atoms with E-state index < -0.39 is 4.92 Å². The van der Waals surface area contributed by atoms with E-state index in [1.165, 1.54) is 29.9 Å². The Morgan fingerprint density at radius 1 is 1.12 bits per heavy atom. The molecule has 0 aromatic heterocycles. The monoisotopic (exact) mass is 339 g/mol. The first-order chi connectivity index (χ1) is 12.1. The summed E-state index contributed by atoms with van der Waals surface area (Å²) < 4.78 is 0. The van der Waals surface area contributed by atoms with E-state index >= 15 is 0 Å². The van der Waals surface area contributed by atoms with Crippen molar-refractivity contribution < 1.29 is 9.72 Å². The molecule has 130 valence electrons. The van der Waals surface area contributed by atoms with Crippen molar-refractivity contribution in [3.8, 4) is 0 Å². The van der Waals surface area contributed by atoms with E-state index in [1.54, 1.807) is 19.2 Å². The second-order valence-electron chi connectivity index (χ2n) is 6.26. The standard InChI is InChI=1S/C19H21N3O3/c1-20(19(23)16-9-3-5-11-18(16)22(24)25)14-15-8-2-4-10-17(15)21-12-6-7-13-21/h2-5,8-11H,6-7,12-14H2,1H3. The molecule has 25 heavy (non-hydrogen) atoms. The molecule has 0 N–H and O–H groups in total. The lowest BCUT2D eigenvalue weighted by molar-refractivity contribution is -0.385. The number of amides is 1. The molecule has 3 rings (SSSR count). The normalized spacial score (nSPS) is 13.7. The summed E-state index contributed by atoms with van der Waals surface area (Å²) in [7, 11) is 1.68. The number of anilines is 1. The van der Waals surface area contributed by atoms with Gasteiger partial charge in [-0.05, 0) is 30.5 Å². The number of nitrogens with zero attached hydrogens (tertiary/aromatic N) is 3. The molecule has 0 radical (unpaired) electrons. The number of hydrogen-bond donors (Lipinski definition) is 0. The van der Waals surface area contributed by atoms with E-state index in [1.807, 2.05) is 18.2 Å². The molecule has 1 aliphatic rings. The van der Waals surface area contributed by atoms with Crippen LogP contribution in [-0.2, 0) is 6.54 Å². The molecule has 6 nitrogen and oxygen atoms in total. The van der Waals surface area contributed by atoms with Crippen molar-refractivity contribution in [1.29, 1.82) is 0 Å². The molecule has 1 aliphatic heterocycles. The maximum absolute atomic E-state index is 12.7. The Bertz CT molecular complexity index is 785. The minimum absolute atomic E-state index is 0.119. The molecule has 0 atom stereocenters. The summed E-state index contributed by atoms with van der Waals surface area (Å²) in [6, 6.07) is 14.1. The average molecular weight is 339 g/mol. The molecule has 6 heteroatoms. The Hall–Kier alpha value is -2.89. The van der Waals surface area contributed by atoms with Crippen LogP contribution in [0.25, 0.3) is 0 Å². The molecule has 2 aromatic rings. The zero-order chi connectivity index (χ0) is 17.8. The highest BCUT2D eigenvalue weighted by Crippen LogP contribution is 2.26. The molecule has 0 unspecified atom stereocenters. The number of carbonyl (C=O) groups is 1. The molecule has 1 saturated heterocycles. The molecule has 0 saturated carbocycles. The van der Waals surface area contributed by atoms with Crippen molar-refractivity contribution in [2.24, 2.45) is 0 Å². The van der Waals surface area contributed by atoms with Gasteiger partial charge in [0, 0.05) is 38.4 Å². The second kappa shape index (κ2) is 7.34. The lowest BCUT2D eigenvalue weighted by Gasteiger charge is -2.24. The number of rotatable bonds is 5. The smallest absolute Gasteiger partial charge is 0.282 e. The third kappa shape index (κ3) is 3.63. The number of carbonyl (C=O) groups excluding carboxylic acids is 1. The Morgan fingerprint density at radius 3 is 2.48 bits per heavy atom. The average Bonchev–Trinajstić information content (AvgIpc) is 3.16. The summed E-state index contributed by atoms with van der Waals surface area (Å²) in [6.45, 7) is 2.47. The van der Waals surface area contributed by atoms with Crippen molar-refractivity contribution in [1.82, 2.24) is 4.90 Å². The highest BCUT2D eigenvalue weighted by molar-refractivity contribution is 5.98. The number of para-hydroxylation sites is 2. The summed E-state index contributed by atoms with van der Waals surface area (Å²) in [5.74, 6) is -0.344. The summed E-state index contributed by atoms with van der Waals surface area (Å²) in [5, 5.41) is 11.2. The number of benzene rings is 2. The molecular weight excluding hydrogens is 318 g/mol. The molecule has 1 heterocycles. The lowest BCUT2D eigenvalue weighted by Crippen LogP contribution is -2.28. The van der Waals surface area contributed by atoms with Gasteiger partial charge in [-0.15, -0.1) is 0 Å². The van der Waals surface area contributed by atoms with Gasteiger partial charge in [0.25, 0.3) is 11.6 Å². The summed E-state index contributed by atoms with van der Waals surface area (Å²) in [5.41, 5.74) is 2.15. The van der Waals surface area contributed by atoms with Gasteiger partial charge in [0.2, 0.25) is 0 Å². The second-order valence-corrected chi connectivity index (χ2v) is 6.26. The zero-order valence-corrected chi connectivity index (χ0v) is 14.2. The first-order valence-electron chi connectivity index (χ1n) is 8.39. The highest BCUT2D eigenvalue weighted by Gasteiger charge is 2.23. The van der Waals surface area contributed by atoms with E-state index in [0.29, 0.717) is 6.54 Å². The van der Waals surface area contributed by atoms with Crippen LogP contribution in [-0.4, -0.2) is 35.9 Å². The van der Waals surface area contributed by atoms with E-state index in [-0.39, 0.29) is 17.2 Å². The van der Waals surface area contributed by atoms with Crippen LogP contribution in [0, 0.1) is 10.1 Å². The van der Waals surface area contributed by atoms with Crippen LogP contribution in [0.1, 0.15) is 28.8 Å². The van der Waals surface area contributed by atoms with E-state index in [9.17, 15) is 14.9 Å². The molecular formula is C19H21N3O3. The predicted molar refractivity (Wildman–Crippen MR) is 96.8 cm³/mol. The van der Waals surface area contributed by atoms with Crippen LogP contribution < -0.4 is 4.90 Å². The third-order valence-corrected chi connectivity index (χ3v) is 4.52. The van der Waals surface area contributed by atoms with Crippen molar-refractivity contribution in [2.45, 2.75) is 19.4 Å². The van der Waals surface area contributed by atoms with Gasteiger partial charge in [-0.25, -0.2) is 0 Å². The zero-order valence-electron chi connectivity index (χ0n) is 14.2. The van der Waals surface area contributed by atoms with E-state index in [0.717, 1.165) is 24.3 Å². The fourth-order valence-electron chi connectivity index (χ4n) is 3.26. The van der Waals surface area contributed by atoms with Crippen LogP contribution in [0.4, 0.5) is 11.4 Å². The maximum Gasteiger partial charge on any atom is 0.282 e. The molecule has 1 fully saturated rings. The van der Waals surface area contributed by atoms with Crippen molar-refractivity contribution in [2.75, 3.05) is 25.0 Å². The maximum atomic E-state index is 12.7. The third-order valence-electron chi connectivity index (χ3n) is 4.52. The van der Waals surface area contributed by atoms with Crippen molar-refractivity contribution in [3.05, 3.63) is 69.8 Å². The Labute approximate surface area is 146 Å². The van der Waals surface area contributed by atoms with E-state index in [2.05, 4.69) is 11.0 Å². The summed E-state index contributed by atoms with van der Waals surface area (Å²) >= 11 is 0. The summed E-state index contributed by atoms with van der Waals surface area (Å²) in [4.78, 5) is 27.2. The van der Waals surface area contributed by atoms with Gasteiger partial charge >= 0.3 is 0 Å². The minimum Gasteiger partial charge on any atom is -0.371 e. The van der Waals surface area contributed by atoms with Gasteiger partial charge in [-0.2, -0.15) is 0 Å². The van der Waals surface area contributed by atoms with Crippen molar-refractivity contribution >= 4 is 17.3 Å². The SMILES string of the molecule is CN(Cc1ccccc1N1CCCC1)C(=O)c1ccccc1[N+](=O)[O-]. The fourth-order valence-corrected chi connectivity index (χ4v) is 3.26. The van der Waals surface area contributed by atoms with Crippen LogP contribution in [0.3, 0.4) is 0 Å². The highest BCUT2D eigenvalue weighted by atomic mass is 16.6. The molecule has 0 bridgehead atoms. The Morgan fingerprint density at radius 2 is 1.76 bits per heavy atom. The molecule has 0 spiro atoms. The first kappa shape index (κ1) is 17.0. The number of nitro benzene ring substituents is 1. The quantitative estimate of drug-likeness (QED) is 0.618. The Kier molecular flexibility index (Phi) is 4.97. The lowest BCUT2D eigenvalue weighted by atomic mass is 10.1. The largest absolute Gasteiger partial charge is 0.371 e. The van der Waals surface area contributed by atoms with Crippen molar-refractivity contribution in [3.63, 3.8) is 0 Å². The fraction of sp³-hybridized carbons (Fsp3) is 0.316. The van der Waals surface area contributed by atoms with Gasteiger partial charge in [0.1, 0.15) is 5.56 Å². The van der Waals surface area contributed by atoms with Gasteiger partial charge < -0.3 is 9.80 Å². The van der Waals surface area contributed by atoms with Crippen LogP contribution in [0.15, 0.2) is 48.5 Å². The Balaban J connectivity index is 1.82. The topological polar surface area (TPSA) is 66.7 Å². The van der Waals surface area contributed by atoms with E-state index in [4.69, 9.17) is 0 Å². The molecule has 1 amide bonds. The molecule has 2 aromatic carbocycles. The summed E-state index contributed by atoms with van der Waals surface area (Å²) in [6.07, 6.45) is 2.36. The van der Waals surface area contributed by atoms with Crippen LogP contribution in [0.5, 0.6) is 0 Å². The number of nitro groups is 1. The van der Waals surface area contributed by atoms with Gasteiger partial charge in [-0.3, -0.25) is 14.9 Å². The van der Waals surface area contributed by atoms with Crippen LogP contribution in [0.2, 0.25) is 0 Å². The first-order valence-corrected chi connectivity index (χ1v) is 8.39. The molecule has 0 aliphatic carbocycles. The van der Waals surface area contributed by atoms with Crippen LogP contribution >= 0.6 is 0 Å². The predicted octanol–water partition coefficient (Wildman–Crippen LogP) is 3.47. The minimum atomic E-state index is -0.515. The number of hydrogen-bond acceptors (Lipinski definition) is 4. The van der Waals surface area contributed by atoms with Gasteiger partial charge in [0.15, 0.2) is 0 Å². The van der Waals surface area contributed by atoms with Gasteiger partial charge in [0.05, 0.1) is 4.92 Å².